The Morgan fingerprint density at radius 2 is 2.17 bits per heavy atom. The third-order valence-electron chi connectivity index (χ3n) is 3.65. The van der Waals surface area contributed by atoms with E-state index in [0.29, 0.717) is 26.1 Å². The quantitative estimate of drug-likeness (QED) is 0.775. The van der Waals surface area contributed by atoms with Gasteiger partial charge in [-0.05, 0) is 26.2 Å². The van der Waals surface area contributed by atoms with Crippen LogP contribution in [0.5, 0.6) is 0 Å². The summed E-state index contributed by atoms with van der Waals surface area (Å²) in [6.07, 6.45) is 2.53. The third-order valence-corrected chi connectivity index (χ3v) is 3.65. The van der Waals surface area contributed by atoms with E-state index in [1.54, 1.807) is 4.90 Å². The SMILES string of the molecule is CCOC1CC(NC(=O)N2CCC(C(=O)O)C2)C1. The predicted octanol–water partition coefficient (Wildman–Crippen LogP) is 0.670. The number of hydrogen-bond donors (Lipinski definition) is 2. The highest BCUT2D eigenvalue weighted by molar-refractivity contribution is 5.77. The first-order valence-electron chi connectivity index (χ1n) is 6.50. The van der Waals surface area contributed by atoms with Crippen molar-refractivity contribution < 1.29 is 19.4 Å². The molecule has 1 saturated carbocycles. The minimum Gasteiger partial charge on any atom is -0.481 e. The fourth-order valence-corrected chi connectivity index (χ4v) is 2.47. The average Bonchev–Trinajstić information content (AvgIpc) is 2.75. The van der Waals surface area contributed by atoms with Crippen LogP contribution in [0.2, 0.25) is 0 Å². The second-order valence-electron chi connectivity index (χ2n) is 4.97. The van der Waals surface area contributed by atoms with Crippen LogP contribution in [0.1, 0.15) is 26.2 Å². The van der Waals surface area contributed by atoms with E-state index < -0.39 is 11.9 Å². The molecule has 2 N–H and O–H groups in total. The van der Waals surface area contributed by atoms with Crippen LogP contribution in [-0.2, 0) is 9.53 Å². The third kappa shape index (κ3) is 2.93. The first-order chi connectivity index (χ1) is 8.60. The van der Waals surface area contributed by atoms with Crippen LogP contribution in [0.25, 0.3) is 0 Å². The Hall–Kier alpha value is -1.30. The number of carbonyl (C=O) groups excluding carboxylic acids is 1. The summed E-state index contributed by atoms with van der Waals surface area (Å²) >= 11 is 0. The average molecular weight is 256 g/mol. The summed E-state index contributed by atoms with van der Waals surface area (Å²) in [4.78, 5) is 24.3. The van der Waals surface area contributed by atoms with Crippen LogP contribution in [0.4, 0.5) is 4.79 Å². The summed E-state index contributed by atoms with van der Waals surface area (Å²) in [7, 11) is 0. The largest absolute Gasteiger partial charge is 0.481 e. The number of ether oxygens (including phenoxy) is 1. The minimum atomic E-state index is -0.814. The molecule has 1 unspecified atom stereocenters. The number of rotatable bonds is 4. The lowest BCUT2D eigenvalue weighted by molar-refractivity contribution is -0.141. The smallest absolute Gasteiger partial charge is 0.317 e. The van der Waals surface area contributed by atoms with Crippen molar-refractivity contribution >= 4 is 12.0 Å². The zero-order valence-corrected chi connectivity index (χ0v) is 10.6. The van der Waals surface area contributed by atoms with Crippen LogP contribution in [0, 0.1) is 5.92 Å². The predicted molar refractivity (Wildman–Crippen MR) is 64.3 cm³/mol. The molecule has 102 valence electrons. The summed E-state index contributed by atoms with van der Waals surface area (Å²) in [5.74, 6) is -1.22. The van der Waals surface area contributed by atoms with Gasteiger partial charge in [-0.15, -0.1) is 0 Å². The van der Waals surface area contributed by atoms with Crippen molar-refractivity contribution in [3.63, 3.8) is 0 Å². The van der Waals surface area contributed by atoms with E-state index in [9.17, 15) is 9.59 Å². The fraction of sp³-hybridized carbons (Fsp3) is 0.833. The van der Waals surface area contributed by atoms with E-state index in [1.165, 1.54) is 0 Å². The second-order valence-corrected chi connectivity index (χ2v) is 4.97. The number of nitrogens with one attached hydrogen (secondary N) is 1. The minimum absolute atomic E-state index is 0.140. The lowest BCUT2D eigenvalue weighted by atomic mass is 9.89. The molecule has 2 rings (SSSR count). The number of likely N-dealkylation sites (tertiary alicyclic amines) is 1. The van der Waals surface area contributed by atoms with Gasteiger partial charge in [0.05, 0.1) is 12.0 Å². The normalized spacial score (nSPS) is 30.9. The molecule has 1 heterocycles. The lowest BCUT2D eigenvalue weighted by Crippen LogP contribution is -2.51. The maximum atomic E-state index is 11.9. The van der Waals surface area contributed by atoms with Gasteiger partial charge in [0.15, 0.2) is 0 Å². The molecule has 1 aliphatic heterocycles. The molecule has 0 spiro atoms. The van der Waals surface area contributed by atoms with E-state index in [2.05, 4.69) is 5.32 Å². The number of carboxylic acids is 1. The van der Waals surface area contributed by atoms with Crippen LogP contribution in [-0.4, -0.2) is 53.8 Å². The lowest BCUT2D eigenvalue weighted by Gasteiger charge is -2.36. The van der Waals surface area contributed by atoms with Crippen LogP contribution >= 0.6 is 0 Å². The monoisotopic (exact) mass is 256 g/mol. The molecular weight excluding hydrogens is 236 g/mol. The number of carbonyl (C=O) groups is 2. The first-order valence-corrected chi connectivity index (χ1v) is 6.50. The van der Waals surface area contributed by atoms with Crippen LogP contribution in [0.3, 0.4) is 0 Å². The Morgan fingerprint density at radius 3 is 2.72 bits per heavy atom. The van der Waals surface area contributed by atoms with Gasteiger partial charge in [0, 0.05) is 25.7 Å². The van der Waals surface area contributed by atoms with Gasteiger partial charge in [-0.3, -0.25) is 4.79 Å². The van der Waals surface area contributed by atoms with E-state index in [1.807, 2.05) is 6.92 Å². The van der Waals surface area contributed by atoms with E-state index >= 15 is 0 Å². The molecule has 1 aliphatic carbocycles. The van der Waals surface area contributed by atoms with Gasteiger partial charge in [-0.1, -0.05) is 0 Å². The van der Waals surface area contributed by atoms with Crippen molar-refractivity contribution in [1.82, 2.24) is 10.2 Å². The molecule has 6 nitrogen and oxygen atoms in total. The van der Waals surface area contributed by atoms with Gasteiger partial charge in [-0.2, -0.15) is 0 Å². The molecule has 1 atom stereocenters. The highest BCUT2D eigenvalue weighted by Gasteiger charge is 2.35. The van der Waals surface area contributed by atoms with Crippen molar-refractivity contribution in [2.75, 3.05) is 19.7 Å². The first kappa shape index (κ1) is 13.1. The molecule has 2 fully saturated rings. The molecule has 0 bridgehead atoms. The van der Waals surface area contributed by atoms with Crippen molar-refractivity contribution in [2.24, 2.45) is 5.92 Å². The number of nitrogens with zero attached hydrogens (tertiary/aromatic N) is 1. The summed E-state index contributed by atoms with van der Waals surface area (Å²) in [6.45, 7) is 3.52. The molecule has 0 aromatic rings. The molecule has 0 aromatic carbocycles. The van der Waals surface area contributed by atoms with Gasteiger partial charge in [-0.25, -0.2) is 4.79 Å². The maximum absolute atomic E-state index is 11.9. The molecular formula is C12H20N2O4. The van der Waals surface area contributed by atoms with Crippen molar-refractivity contribution in [1.29, 1.82) is 0 Å². The van der Waals surface area contributed by atoms with Gasteiger partial charge in [0.2, 0.25) is 0 Å². The summed E-state index contributed by atoms with van der Waals surface area (Å²) in [5, 5.41) is 11.8. The molecule has 18 heavy (non-hydrogen) atoms. The Kier molecular flexibility index (Phi) is 4.06. The Morgan fingerprint density at radius 1 is 1.44 bits per heavy atom. The van der Waals surface area contributed by atoms with Gasteiger partial charge < -0.3 is 20.1 Å². The topological polar surface area (TPSA) is 78.9 Å². The Bertz CT molecular complexity index is 328. The Labute approximate surface area is 106 Å². The molecule has 0 aromatic heterocycles. The maximum Gasteiger partial charge on any atom is 0.317 e. The number of aliphatic carboxylic acids is 1. The molecule has 0 radical (unpaired) electrons. The zero-order chi connectivity index (χ0) is 13.1. The van der Waals surface area contributed by atoms with E-state index in [4.69, 9.17) is 9.84 Å². The van der Waals surface area contributed by atoms with Crippen molar-refractivity contribution in [2.45, 2.75) is 38.3 Å². The number of urea groups is 1. The van der Waals surface area contributed by atoms with Crippen molar-refractivity contribution in [3.05, 3.63) is 0 Å². The molecule has 6 heteroatoms. The Balaban J connectivity index is 1.69. The molecule has 2 aliphatic rings. The highest BCUT2D eigenvalue weighted by atomic mass is 16.5. The number of hydrogen-bond acceptors (Lipinski definition) is 3. The molecule has 2 amide bonds. The summed E-state index contributed by atoms with van der Waals surface area (Å²) in [6, 6.07) is 0.0385. The van der Waals surface area contributed by atoms with Gasteiger partial charge >= 0.3 is 12.0 Å². The fourth-order valence-electron chi connectivity index (χ4n) is 2.47. The zero-order valence-electron chi connectivity index (χ0n) is 10.6. The number of amides is 2. The van der Waals surface area contributed by atoms with E-state index in [0.717, 1.165) is 12.8 Å². The molecule has 1 saturated heterocycles. The second kappa shape index (κ2) is 5.56. The van der Waals surface area contributed by atoms with E-state index in [-0.39, 0.29) is 18.2 Å². The standard InChI is InChI=1S/C12H20N2O4/c1-2-18-10-5-9(6-10)13-12(17)14-4-3-8(7-14)11(15)16/h8-10H,2-7H2,1H3,(H,13,17)(H,15,16). The van der Waals surface area contributed by atoms with Crippen molar-refractivity contribution in [3.8, 4) is 0 Å². The highest BCUT2D eigenvalue weighted by Crippen LogP contribution is 2.24. The summed E-state index contributed by atoms with van der Waals surface area (Å²) in [5.41, 5.74) is 0. The van der Waals surface area contributed by atoms with Crippen LogP contribution in [0.15, 0.2) is 0 Å². The summed E-state index contributed by atoms with van der Waals surface area (Å²) < 4.78 is 5.42. The van der Waals surface area contributed by atoms with Crippen LogP contribution < -0.4 is 5.32 Å². The van der Waals surface area contributed by atoms with Gasteiger partial charge in [0.1, 0.15) is 0 Å². The number of carboxylic acid groups (broad SMARTS) is 1. The van der Waals surface area contributed by atoms with Gasteiger partial charge in [0.25, 0.3) is 0 Å².